The molecular formula is C12H18N2O2S. The molecule has 5 heteroatoms. The SMILES string of the molecule is CCN(C1CC1)S(=O)(=O)c1cc(N)ccc1C. The van der Waals surface area contributed by atoms with Gasteiger partial charge in [0.2, 0.25) is 10.0 Å². The third kappa shape index (κ3) is 2.30. The van der Waals surface area contributed by atoms with Crippen molar-refractivity contribution in [3.8, 4) is 0 Å². The average molecular weight is 254 g/mol. The van der Waals surface area contributed by atoms with Crippen LogP contribution in [0.4, 0.5) is 5.69 Å². The van der Waals surface area contributed by atoms with E-state index >= 15 is 0 Å². The summed E-state index contributed by atoms with van der Waals surface area (Å²) in [5.41, 5.74) is 6.91. The largest absolute Gasteiger partial charge is 0.399 e. The second kappa shape index (κ2) is 4.31. The number of rotatable bonds is 4. The molecule has 1 saturated carbocycles. The Morgan fingerprint density at radius 1 is 1.41 bits per heavy atom. The van der Waals surface area contributed by atoms with E-state index in [2.05, 4.69) is 0 Å². The first-order chi connectivity index (χ1) is 7.96. The Balaban J connectivity index is 2.46. The average Bonchev–Trinajstić information content (AvgIpc) is 3.06. The number of aryl methyl sites for hydroxylation is 1. The Labute approximate surface area is 102 Å². The predicted molar refractivity (Wildman–Crippen MR) is 68.2 cm³/mol. The maximum atomic E-state index is 12.5. The van der Waals surface area contributed by atoms with Crippen molar-refractivity contribution in [1.82, 2.24) is 4.31 Å². The monoisotopic (exact) mass is 254 g/mol. The molecule has 0 heterocycles. The van der Waals surface area contributed by atoms with Crippen molar-refractivity contribution in [1.29, 1.82) is 0 Å². The van der Waals surface area contributed by atoms with E-state index in [1.807, 2.05) is 6.92 Å². The zero-order valence-corrected chi connectivity index (χ0v) is 11.0. The maximum absolute atomic E-state index is 12.5. The molecule has 0 aromatic heterocycles. The van der Waals surface area contributed by atoms with Crippen LogP contribution in [0.2, 0.25) is 0 Å². The lowest BCUT2D eigenvalue weighted by Gasteiger charge is -2.21. The van der Waals surface area contributed by atoms with Crippen LogP contribution in [0.15, 0.2) is 23.1 Å². The first-order valence-corrected chi connectivity index (χ1v) is 7.28. The predicted octanol–water partition coefficient (Wildman–Crippen LogP) is 1.75. The lowest BCUT2D eigenvalue weighted by molar-refractivity contribution is 0.420. The topological polar surface area (TPSA) is 63.4 Å². The minimum absolute atomic E-state index is 0.186. The van der Waals surface area contributed by atoms with Gasteiger partial charge in [-0.3, -0.25) is 0 Å². The summed E-state index contributed by atoms with van der Waals surface area (Å²) in [4.78, 5) is 0.339. The molecule has 0 atom stereocenters. The number of anilines is 1. The first kappa shape index (κ1) is 12.4. The van der Waals surface area contributed by atoms with Crippen LogP contribution in [0.5, 0.6) is 0 Å². The molecule has 4 nitrogen and oxygen atoms in total. The van der Waals surface area contributed by atoms with Crippen LogP contribution in [0, 0.1) is 6.92 Å². The highest BCUT2D eigenvalue weighted by molar-refractivity contribution is 7.89. The Bertz CT molecular complexity index is 521. The van der Waals surface area contributed by atoms with Gasteiger partial charge in [0, 0.05) is 18.3 Å². The van der Waals surface area contributed by atoms with Crippen LogP contribution >= 0.6 is 0 Å². The third-order valence-electron chi connectivity index (χ3n) is 3.06. The van der Waals surface area contributed by atoms with Crippen LogP contribution in [0.25, 0.3) is 0 Å². The molecule has 0 radical (unpaired) electrons. The summed E-state index contributed by atoms with van der Waals surface area (Å²) in [5, 5.41) is 0. The normalized spacial score (nSPS) is 16.4. The quantitative estimate of drug-likeness (QED) is 0.833. The summed E-state index contributed by atoms with van der Waals surface area (Å²) < 4.78 is 26.6. The molecule has 0 saturated heterocycles. The maximum Gasteiger partial charge on any atom is 0.243 e. The molecule has 17 heavy (non-hydrogen) atoms. The van der Waals surface area contributed by atoms with Gasteiger partial charge in [-0.15, -0.1) is 0 Å². The summed E-state index contributed by atoms with van der Waals surface area (Å²) in [6, 6.07) is 5.21. The van der Waals surface area contributed by atoms with Gasteiger partial charge >= 0.3 is 0 Å². The molecule has 1 aromatic carbocycles. The van der Waals surface area contributed by atoms with E-state index in [1.54, 1.807) is 29.4 Å². The number of nitrogens with zero attached hydrogens (tertiary/aromatic N) is 1. The Morgan fingerprint density at radius 2 is 2.06 bits per heavy atom. The van der Waals surface area contributed by atoms with E-state index in [-0.39, 0.29) is 6.04 Å². The highest BCUT2D eigenvalue weighted by Crippen LogP contribution is 2.33. The first-order valence-electron chi connectivity index (χ1n) is 5.84. The molecule has 0 aliphatic heterocycles. The van der Waals surface area contributed by atoms with Crippen molar-refractivity contribution in [2.24, 2.45) is 0 Å². The molecule has 94 valence electrons. The molecule has 1 aromatic rings. The standard InChI is InChI=1S/C12H18N2O2S/c1-3-14(11-6-7-11)17(15,16)12-8-10(13)5-4-9(12)2/h4-5,8,11H,3,6-7,13H2,1-2H3. The number of hydrogen-bond acceptors (Lipinski definition) is 3. The van der Waals surface area contributed by atoms with Crippen molar-refractivity contribution in [2.75, 3.05) is 12.3 Å². The van der Waals surface area contributed by atoms with Crippen molar-refractivity contribution in [3.63, 3.8) is 0 Å². The van der Waals surface area contributed by atoms with Gasteiger partial charge < -0.3 is 5.73 Å². The smallest absolute Gasteiger partial charge is 0.243 e. The van der Waals surface area contributed by atoms with Crippen LogP contribution in [0.3, 0.4) is 0 Å². The zero-order chi connectivity index (χ0) is 12.6. The summed E-state index contributed by atoms with van der Waals surface area (Å²) in [7, 11) is -3.39. The molecular weight excluding hydrogens is 236 g/mol. The lowest BCUT2D eigenvalue weighted by Crippen LogP contribution is -2.33. The number of nitrogens with two attached hydrogens (primary N) is 1. The fourth-order valence-corrected chi connectivity index (χ4v) is 3.96. The molecule has 1 fully saturated rings. The van der Waals surface area contributed by atoms with Crippen molar-refractivity contribution < 1.29 is 8.42 Å². The van der Waals surface area contributed by atoms with E-state index in [1.165, 1.54) is 0 Å². The van der Waals surface area contributed by atoms with Gasteiger partial charge in [-0.05, 0) is 37.5 Å². The Hall–Kier alpha value is -1.07. The lowest BCUT2D eigenvalue weighted by atomic mass is 10.2. The van der Waals surface area contributed by atoms with E-state index in [0.29, 0.717) is 17.1 Å². The van der Waals surface area contributed by atoms with E-state index in [4.69, 9.17) is 5.73 Å². The van der Waals surface area contributed by atoms with Crippen LogP contribution < -0.4 is 5.73 Å². The van der Waals surface area contributed by atoms with Gasteiger partial charge in [-0.1, -0.05) is 13.0 Å². The van der Waals surface area contributed by atoms with Crippen molar-refractivity contribution in [3.05, 3.63) is 23.8 Å². The summed E-state index contributed by atoms with van der Waals surface area (Å²) in [5.74, 6) is 0. The van der Waals surface area contributed by atoms with Crippen LogP contribution in [-0.2, 0) is 10.0 Å². The molecule has 0 unspecified atom stereocenters. The van der Waals surface area contributed by atoms with Gasteiger partial charge in [0.1, 0.15) is 0 Å². The molecule has 2 rings (SSSR count). The summed E-state index contributed by atoms with van der Waals surface area (Å²) in [6.45, 7) is 4.19. The van der Waals surface area contributed by atoms with Crippen LogP contribution in [-0.4, -0.2) is 25.3 Å². The molecule has 0 spiro atoms. The molecule has 0 amide bonds. The van der Waals surface area contributed by atoms with E-state index < -0.39 is 10.0 Å². The van der Waals surface area contributed by atoms with Crippen LogP contribution in [0.1, 0.15) is 25.3 Å². The molecule has 1 aliphatic rings. The van der Waals surface area contributed by atoms with Gasteiger partial charge in [-0.2, -0.15) is 4.31 Å². The highest BCUT2D eigenvalue weighted by Gasteiger charge is 2.37. The Morgan fingerprint density at radius 3 is 2.59 bits per heavy atom. The minimum atomic E-state index is -3.39. The molecule has 0 bridgehead atoms. The summed E-state index contributed by atoms with van der Waals surface area (Å²) >= 11 is 0. The minimum Gasteiger partial charge on any atom is -0.399 e. The van der Waals surface area contributed by atoms with Gasteiger partial charge in [-0.25, -0.2) is 8.42 Å². The van der Waals surface area contributed by atoms with Gasteiger partial charge in [0.15, 0.2) is 0 Å². The number of nitrogen functional groups attached to an aromatic ring is 1. The third-order valence-corrected chi connectivity index (χ3v) is 5.23. The second-order valence-corrected chi connectivity index (χ2v) is 6.32. The number of sulfonamides is 1. The summed E-state index contributed by atoms with van der Waals surface area (Å²) in [6.07, 6.45) is 1.93. The zero-order valence-electron chi connectivity index (χ0n) is 10.2. The van der Waals surface area contributed by atoms with Gasteiger partial charge in [0.25, 0.3) is 0 Å². The van der Waals surface area contributed by atoms with Crippen molar-refractivity contribution in [2.45, 2.75) is 37.6 Å². The number of benzene rings is 1. The van der Waals surface area contributed by atoms with Gasteiger partial charge in [0.05, 0.1) is 4.90 Å². The fraction of sp³-hybridized carbons (Fsp3) is 0.500. The number of hydrogen-bond donors (Lipinski definition) is 1. The van der Waals surface area contributed by atoms with E-state index in [0.717, 1.165) is 18.4 Å². The van der Waals surface area contributed by atoms with E-state index in [9.17, 15) is 8.42 Å². The van der Waals surface area contributed by atoms with Crippen molar-refractivity contribution >= 4 is 15.7 Å². The second-order valence-electron chi connectivity index (χ2n) is 4.46. The Kier molecular flexibility index (Phi) is 3.14. The molecule has 1 aliphatic carbocycles. The highest BCUT2D eigenvalue weighted by atomic mass is 32.2. The molecule has 2 N–H and O–H groups in total. The fourth-order valence-electron chi connectivity index (χ4n) is 2.01.